The molecule has 3 heteroatoms. The number of rotatable bonds is 2. The molecule has 0 bridgehead atoms. The highest BCUT2D eigenvalue weighted by molar-refractivity contribution is 9.10. The van der Waals surface area contributed by atoms with Crippen LogP contribution in [0.25, 0.3) is 0 Å². The molecule has 0 aromatic heterocycles. The predicted molar refractivity (Wildman–Crippen MR) is 58.8 cm³/mol. The molecular formula is C11H11BrN2. The summed E-state index contributed by atoms with van der Waals surface area (Å²) in [6.45, 7) is 0.667. The average Bonchev–Trinajstić information content (AvgIpc) is 2.99. The topological polar surface area (TPSA) is 49.8 Å². The summed E-state index contributed by atoms with van der Waals surface area (Å²) in [7, 11) is 0. The normalized spacial score (nSPS) is 17.5. The van der Waals surface area contributed by atoms with Crippen molar-refractivity contribution in [3.63, 3.8) is 0 Å². The van der Waals surface area contributed by atoms with Crippen LogP contribution in [0.4, 0.5) is 0 Å². The van der Waals surface area contributed by atoms with Gasteiger partial charge in [0.05, 0.1) is 11.6 Å². The number of nitrogens with two attached hydrogens (primary N) is 1. The van der Waals surface area contributed by atoms with Crippen LogP contribution in [0.1, 0.15) is 24.0 Å². The Hall–Kier alpha value is -0.850. The van der Waals surface area contributed by atoms with E-state index in [0.29, 0.717) is 12.1 Å². The van der Waals surface area contributed by atoms with Crippen molar-refractivity contribution >= 4 is 15.9 Å². The summed E-state index contributed by atoms with van der Waals surface area (Å²) in [5.74, 6) is 0. The molecule has 72 valence electrons. The van der Waals surface area contributed by atoms with E-state index in [4.69, 9.17) is 11.0 Å². The lowest BCUT2D eigenvalue weighted by Gasteiger charge is -2.14. The summed E-state index contributed by atoms with van der Waals surface area (Å²) < 4.78 is 1.07. The molecule has 0 amide bonds. The van der Waals surface area contributed by atoms with Gasteiger partial charge in [0.25, 0.3) is 0 Å². The van der Waals surface area contributed by atoms with Crippen LogP contribution in [0.2, 0.25) is 0 Å². The second-order valence-electron chi connectivity index (χ2n) is 3.79. The smallest absolute Gasteiger partial charge is 0.0991 e. The van der Waals surface area contributed by atoms with Crippen molar-refractivity contribution < 1.29 is 0 Å². The van der Waals surface area contributed by atoms with Crippen LogP contribution in [-0.2, 0) is 5.41 Å². The minimum Gasteiger partial charge on any atom is -0.330 e. The number of hydrogen-bond donors (Lipinski definition) is 1. The molecular weight excluding hydrogens is 240 g/mol. The summed E-state index contributed by atoms with van der Waals surface area (Å²) in [5, 5.41) is 8.82. The van der Waals surface area contributed by atoms with E-state index >= 15 is 0 Å². The van der Waals surface area contributed by atoms with Crippen LogP contribution in [0, 0.1) is 11.3 Å². The fourth-order valence-corrected chi connectivity index (χ4v) is 2.40. The van der Waals surface area contributed by atoms with Crippen LogP contribution in [0.3, 0.4) is 0 Å². The predicted octanol–water partition coefficient (Wildman–Crippen LogP) is 2.31. The van der Waals surface area contributed by atoms with Crippen LogP contribution in [-0.4, -0.2) is 6.54 Å². The van der Waals surface area contributed by atoms with E-state index in [-0.39, 0.29) is 5.41 Å². The summed E-state index contributed by atoms with van der Waals surface area (Å²) in [4.78, 5) is 0. The van der Waals surface area contributed by atoms with Gasteiger partial charge in [-0.15, -0.1) is 0 Å². The van der Waals surface area contributed by atoms with Gasteiger partial charge in [-0.1, -0.05) is 15.9 Å². The van der Waals surface area contributed by atoms with Crippen molar-refractivity contribution in [2.24, 2.45) is 5.73 Å². The highest BCUT2D eigenvalue weighted by atomic mass is 79.9. The van der Waals surface area contributed by atoms with E-state index < -0.39 is 0 Å². The number of nitriles is 1. The van der Waals surface area contributed by atoms with Gasteiger partial charge in [0, 0.05) is 16.4 Å². The molecule has 1 aromatic carbocycles. The summed E-state index contributed by atoms with van der Waals surface area (Å²) in [6, 6.07) is 7.86. The molecule has 1 fully saturated rings. The van der Waals surface area contributed by atoms with Gasteiger partial charge in [-0.05, 0) is 36.6 Å². The Bertz CT molecular complexity index is 402. The molecule has 0 spiro atoms. The Morgan fingerprint density at radius 1 is 1.50 bits per heavy atom. The number of nitrogens with zero attached hydrogens (tertiary/aromatic N) is 1. The van der Waals surface area contributed by atoms with Gasteiger partial charge < -0.3 is 5.73 Å². The second-order valence-corrected chi connectivity index (χ2v) is 4.65. The molecule has 0 radical (unpaired) electrons. The molecule has 2 nitrogen and oxygen atoms in total. The fourth-order valence-electron chi connectivity index (χ4n) is 1.74. The number of halogens is 1. The monoisotopic (exact) mass is 250 g/mol. The molecule has 1 aromatic rings. The quantitative estimate of drug-likeness (QED) is 0.876. The zero-order chi connectivity index (χ0) is 10.2. The maximum atomic E-state index is 8.82. The maximum Gasteiger partial charge on any atom is 0.0991 e. The molecule has 1 aliphatic rings. The Labute approximate surface area is 91.9 Å². The van der Waals surface area contributed by atoms with E-state index in [2.05, 4.69) is 22.0 Å². The van der Waals surface area contributed by atoms with Crippen LogP contribution in [0.5, 0.6) is 0 Å². The van der Waals surface area contributed by atoms with Gasteiger partial charge in [0.2, 0.25) is 0 Å². The molecule has 2 N–H and O–H groups in total. The van der Waals surface area contributed by atoms with Gasteiger partial charge in [-0.3, -0.25) is 0 Å². The number of hydrogen-bond acceptors (Lipinski definition) is 2. The molecule has 1 saturated carbocycles. The molecule has 1 aliphatic carbocycles. The SMILES string of the molecule is N#Cc1ccc(Br)c(C2(CN)CC2)c1. The van der Waals surface area contributed by atoms with Crippen molar-refractivity contribution in [2.75, 3.05) is 6.54 Å². The second kappa shape index (κ2) is 3.38. The zero-order valence-corrected chi connectivity index (χ0v) is 9.34. The van der Waals surface area contributed by atoms with Crippen molar-refractivity contribution in [3.8, 4) is 6.07 Å². The molecule has 0 atom stereocenters. The third-order valence-corrected chi connectivity index (χ3v) is 3.60. The Morgan fingerprint density at radius 2 is 2.21 bits per heavy atom. The molecule has 2 rings (SSSR count). The largest absolute Gasteiger partial charge is 0.330 e. The van der Waals surface area contributed by atoms with Gasteiger partial charge in [-0.2, -0.15) is 5.26 Å². The van der Waals surface area contributed by atoms with E-state index in [9.17, 15) is 0 Å². The van der Waals surface area contributed by atoms with Crippen molar-refractivity contribution in [3.05, 3.63) is 33.8 Å². The van der Waals surface area contributed by atoms with Crippen LogP contribution < -0.4 is 5.73 Å². The first-order chi connectivity index (χ1) is 6.72. The van der Waals surface area contributed by atoms with Gasteiger partial charge in [0.15, 0.2) is 0 Å². The Balaban J connectivity index is 2.47. The minimum atomic E-state index is 0.145. The van der Waals surface area contributed by atoms with E-state index in [1.165, 1.54) is 5.56 Å². The standard InChI is InChI=1S/C11H11BrN2/c12-10-2-1-8(6-13)5-9(10)11(7-14)3-4-11/h1-2,5H,3-4,7,14H2. The van der Waals surface area contributed by atoms with E-state index in [0.717, 1.165) is 17.3 Å². The maximum absolute atomic E-state index is 8.82. The number of benzene rings is 1. The van der Waals surface area contributed by atoms with E-state index in [1.807, 2.05) is 18.2 Å². The Morgan fingerprint density at radius 3 is 2.71 bits per heavy atom. The highest BCUT2D eigenvalue weighted by Crippen LogP contribution is 2.49. The summed E-state index contributed by atoms with van der Waals surface area (Å²) in [5.41, 5.74) is 7.81. The molecule has 0 aliphatic heterocycles. The lowest BCUT2D eigenvalue weighted by molar-refractivity contribution is 0.701. The first-order valence-electron chi connectivity index (χ1n) is 4.62. The minimum absolute atomic E-state index is 0.145. The average molecular weight is 251 g/mol. The molecule has 0 saturated heterocycles. The summed E-state index contributed by atoms with van der Waals surface area (Å²) in [6.07, 6.45) is 2.27. The van der Waals surface area contributed by atoms with Gasteiger partial charge in [0.1, 0.15) is 0 Å². The summed E-state index contributed by atoms with van der Waals surface area (Å²) >= 11 is 3.51. The third kappa shape index (κ3) is 1.45. The van der Waals surface area contributed by atoms with Crippen molar-refractivity contribution in [1.29, 1.82) is 5.26 Å². The molecule has 0 unspecified atom stereocenters. The first kappa shape index (κ1) is 9.70. The van der Waals surface area contributed by atoms with Gasteiger partial charge in [-0.25, -0.2) is 0 Å². The zero-order valence-electron chi connectivity index (χ0n) is 7.76. The molecule has 0 heterocycles. The first-order valence-corrected chi connectivity index (χ1v) is 5.41. The fraction of sp³-hybridized carbons (Fsp3) is 0.364. The third-order valence-electron chi connectivity index (χ3n) is 2.91. The van der Waals surface area contributed by atoms with Crippen LogP contribution >= 0.6 is 15.9 Å². The van der Waals surface area contributed by atoms with Crippen LogP contribution in [0.15, 0.2) is 22.7 Å². The van der Waals surface area contributed by atoms with Gasteiger partial charge >= 0.3 is 0 Å². The lowest BCUT2D eigenvalue weighted by Crippen LogP contribution is -2.20. The highest BCUT2D eigenvalue weighted by Gasteiger charge is 2.44. The van der Waals surface area contributed by atoms with E-state index in [1.54, 1.807) is 0 Å². The van der Waals surface area contributed by atoms with Crippen molar-refractivity contribution in [1.82, 2.24) is 0 Å². The lowest BCUT2D eigenvalue weighted by atomic mass is 9.95. The van der Waals surface area contributed by atoms with Crippen molar-refractivity contribution in [2.45, 2.75) is 18.3 Å². The molecule has 14 heavy (non-hydrogen) atoms. The Kier molecular flexibility index (Phi) is 2.34.